The van der Waals surface area contributed by atoms with E-state index in [-0.39, 0.29) is 6.04 Å². The van der Waals surface area contributed by atoms with Gasteiger partial charge in [0.15, 0.2) is 0 Å². The van der Waals surface area contributed by atoms with E-state index in [1.807, 2.05) is 12.1 Å². The summed E-state index contributed by atoms with van der Waals surface area (Å²) in [5.41, 5.74) is 6.29. The fourth-order valence-electron chi connectivity index (χ4n) is 4.54. The Labute approximate surface area is 89.8 Å². The average molecular weight is 203 g/mol. The van der Waals surface area contributed by atoms with Gasteiger partial charge in [0.2, 0.25) is 0 Å². The highest BCUT2D eigenvalue weighted by Crippen LogP contribution is 2.71. The summed E-state index contributed by atoms with van der Waals surface area (Å²) in [4.78, 5) is 0. The summed E-state index contributed by atoms with van der Waals surface area (Å²) in [5.74, 6) is 5.64. The van der Waals surface area contributed by atoms with Crippen LogP contribution in [-0.2, 0) is 0 Å². The number of nitrogens with two attached hydrogens (primary N) is 1. The first-order valence-electron chi connectivity index (χ1n) is 6.15. The Morgan fingerprint density at radius 1 is 1.27 bits per heavy atom. The van der Waals surface area contributed by atoms with E-state index in [0.29, 0.717) is 0 Å². The molecule has 0 radical (unpaired) electrons. The van der Waals surface area contributed by atoms with Gasteiger partial charge in [-0.25, -0.2) is 0 Å². The molecule has 0 amide bonds. The van der Waals surface area contributed by atoms with Crippen LogP contribution in [0.25, 0.3) is 0 Å². The Morgan fingerprint density at radius 2 is 2.00 bits per heavy atom. The molecule has 3 saturated carbocycles. The third-order valence-corrected chi connectivity index (χ3v) is 5.08. The van der Waals surface area contributed by atoms with Gasteiger partial charge in [-0.1, -0.05) is 0 Å². The van der Waals surface area contributed by atoms with Crippen LogP contribution in [0.15, 0.2) is 22.8 Å². The molecule has 15 heavy (non-hydrogen) atoms. The van der Waals surface area contributed by atoms with Gasteiger partial charge in [0.05, 0.1) is 12.3 Å². The molecule has 3 aliphatic rings. The summed E-state index contributed by atoms with van der Waals surface area (Å²) in [5, 5.41) is 0. The van der Waals surface area contributed by atoms with E-state index in [2.05, 4.69) is 0 Å². The Balaban J connectivity index is 1.58. The molecule has 0 aliphatic heterocycles. The van der Waals surface area contributed by atoms with Crippen molar-refractivity contribution in [1.29, 1.82) is 0 Å². The fourth-order valence-corrected chi connectivity index (χ4v) is 4.54. The van der Waals surface area contributed by atoms with Crippen LogP contribution in [0.3, 0.4) is 0 Å². The summed E-state index contributed by atoms with van der Waals surface area (Å²) >= 11 is 0. The smallest absolute Gasteiger partial charge is 0.120 e. The predicted molar refractivity (Wildman–Crippen MR) is 56.9 cm³/mol. The fraction of sp³-hybridized carbons (Fsp3) is 0.692. The zero-order valence-corrected chi connectivity index (χ0v) is 8.80. The molecule has 3 aliphatic carbocycles. The van der Waals surface area contributed by atoms with E-state index < -0.39 is 0 Å². The highest BCUT2D eigenvalue weighted by atomic mass is 16.3. The number of furan rings is 1. The van der Waals surface area contributed by atoms with E-state index in [1.165, 1.54) is 19.3 Å². The van der Waals surface area contributed by atoms with Crippen molar-refractivity contribution in [2.24, 2.45) is 35.3 Å². The maximum absolute atomic E-state index is 6.29. The van der Waals surface area contributed by atoms with Crippen LogP contribution >= 0.6 is 0 Å². The Kier molecular flexibility index (Phi) is 1.50. The first kappa shape index (κ1) is 8.40. The molecule has 2 N–H and O–H groups in total. The van der Waals surface area contributed by atoms with Gasteiger partial charge in [-0.15, -0.1) is 0 Å². The van der Waals surface area contributed by atoms with Gasteiger partial charge >= 0.3 is 0 Å². The minimum atomic E-state index is 0.165. The Hall–Kier alpha value is -0.760. The number of hydrogen-bond acceptors (Lipinski definition) is 2. The van der Waals surface area contributed by atoms with Crippen LogP contribution in [-0.4, -0.2) is 0 Å². The summed E-state index contributed by atoms with van der Waals surface area (Å²) in [6.45, 7) is 0. The molecule has 1 heterocycles. The molecule has 80 valence electrons. The quantitative estimate of drug-likeness (QED) is 0.802. The van der Waals surface area contributed by atoms with Crippen molar-refractivity contribution >= 4 is 0 Å². The minimum absolute atomic E-state index is 0.165. The van der Waals surface area contributed by atoms with E-state index in [9.17, 15) is 0 Å². The molecule has 2 heteroatoms. The minimum Gasteiger partial charge on any atom is -0.468 e. The molecular weight excluding hydrogens is 186 g/mol. The lowest BCUT2D eigenvalue weighted by molar-refractivity contribution is 0.370. The second kappa shape index (κ2) is 2.67. The summed E-state index contributed by atoms with van der Waals surface area (Å²) in [6.07, 6.45) is 6.17. The van der Waals surface area contributed by atoms with Gasteiger partial charge in [0.25, 0.3) is 0 Å². The molecule has 4 rings (SSSR count). The summed E-state index contributed by atoms with van der Waals surface area (Å²) in [7, 11) is 0. The lowest BCUT2D eigenvalue weighted by Crippen LogP contribution is -2.16. The zero-order chi connectivity index (χ0) is 9.99. The van der Waals surface area contributed by atoms with Crippen molar-refractivity contribution < 1.29 is 4.42 Å². The first-order valence-corrected chi connectivity index (χ1v) is 6.15. The highest BCUT2D eigenvalue weighted by molar-refractivity contribution is 5.19. The predicted octanol–water partition coefficient (Wildman–Crippen LogP) is 2.57. The van der Waals surface area contributed by atoms with Gasteiger partial charge in [0, 0.05) is 0 Å². The molecular formula is C13H17NO. The average Bonchev–Trinajstić information content (AvgIpc) is 2.70. The standard InChI is InChI=1S/C13H17NO/c14-13(9-2-1-5-15-9)12-10-7-3-4-8(6-7)11(10)12/h1-2,5,7-8,10-13H,3-4,6,14H2. The number of fused-ring (bicyclic) bond motifs is 5. The Morgan fingerprint density at radius 3 is 2.60 bits per heavy atom. The highest BCUT2D eigenvalue weighted by Gasteiger charge is 2.66. The van der Waals surface area contributed by atoms with Crippen LogP contribution in [0.2, 0.25) is 0 Å². The molecule has 0 saturated heterocycles. The second-order valence-corrected chi connectivity index (χ2v) is 5.61. The molecule has 2 bridgehead atoms. The lowest BCUT2D eigenvalue weighted by Gasteiger charge is -2.13. The van der Waals surface area contributed by atoms with E-state index in [4.69, 9.17) is 10.2 Å². The van der Waals surface area contributed by atoms with Crippen molar-refractivity contribution in [2.75, 3.05) is 0 Å². The SMILES string of the molecule is NC(c1ccco1)C1C2C3CCC(C3)C21. The molecule has 1 aromatic heterocycles. The van der Waals surface area contributed by atoms with Gasteiger partial charge in [0.1, 0.15) is 5.76 Å². The summed E-state index contributed by atoms with van der Waals surface area (Å²) < 4.78 is 5.43. The van der Waals surface area contributed by atoms with Gasteiger partial charge in [-0.3, -0.25) is 0 Å². The Bertz CT molecular complexity index is 356. The number of hydrogen-bond donors (Lipinski definition) is 1. The zero-order valence-electron chi connectivity index (χ0n) is 8.80. The maximum Gasteiger partial charge on any atom is 0.120 e. The second-order valence-electron chi connectivity index (χ2n) is 5.61. The van der Waals surface area contributed by atoms with Crippen molar-refractivity contribution in [3.63, 3.8) is 0 Å². The maximum atomic E-state index is 6.29. The normalized spacial score (nSPS) is 47.9. The van der Waals surface area contributed by atoms with Crippen molar-refractivity contribution in [3.8, 4) is 0 Å². The van der Waals surface area contributed by atoms with Crippen molar-refractivity contribution in [1.82, 2.24) is 0 Å². The van der Waals surface area contributed by atoms with Crippen molar-refractivity contribution in [2.45, 2.75) is 25.3 Å². The first-order chi connectivity index (χ1) is 7.36. The molecule has 3 fully saturated rings. The van der Waals surface area contributed by atoms with Gasteiger partial charge in [-0.05, 0) is 61.0 Å². The van der Waals surface area contributed by atoms with E-state index in [0.717, 1.165) is 35.3 Å². The van der Waals surface area contributed by atoms with Gasteiger partial charge < -0.3 is 10.2 Å². The lowest BCUT2D eigenvalue weighted by atomic mass is 9.97. The monoisotopic (exact) mass is 203 g/mol. The van der Waals surface area contributed by atoms with Crippen LogP contribution in [0.5, 0.6) is 0 Å². The van der Waals surface area contributed by atoms with Crippen LogP contribution < -0.4 is 5.73 Å². The van der Waals surface area contributed by atoms with E-state index in [1.54, 1.807) is 6.26 Å². The van der Waals surface area contributed by atoms with Crippen LogP contribution in [0.4, 0.5) is 0 Å². The van der Waals surface area contributed by atoms with Gasteiger partial charge in [-0.2, -0.15) is 0 Å². The molecule has 5 unspecified atom stereocenters. The largest absolute Gasteiger partial charge is 0.468 e. The molecule has 0 spiro atoms. The molecule has 5 atom stereocenters. The topological polar surface area (TPSA) is 39.2 Å². The van der Waals surface area contributed by atoms with Crippen LogP contribution in [0, 0.1) is 29.6 Å². The van der Waals surface area contributed by atoms with Crippen molar-refractivity contribution in [3.05, 3.63) is 24.2 Å². The number of rotatable bonds is 2. The molecule has 0 aromatic carbocycles. The molecule has 2 nitrogen and oxygen atoms in total. The third-order valence-electron chi connectivity index (χ3n) is 5.08. The summed E-state index contributed by atoms with van der Waals surface area (Å²) in [6, 6.07) is 4.14. The third kappa shape index (κ3) is 0.984. The van der Waals surface area contributed by atoms with Crippen LogP contribution in [0.1, 0.15) is 31.1 Å². The molecule has 1 aromatic rings. The van der Waals surface area contributed by atoms with E-state index >= 15 is 0 Å².